The first kappa shape index (κ1) is 13.6. The number of nitrogens with one attached hydrogen (secondary N) is 1. The Kier molecular flexibility index (Phi) is 7.33. The van der Waals surface area contributed by atoms with E-state index in [1.54, 1.807) is 18.4 Å². The quantitative estimate of drug-likeness (QED) is 0.664. The van der Waals surface area contributed by atoms with Gasteiger partial charge in [-0.2, -0.15) is 0 Å². The summed E-state index contributed by atoms with van der Waals surface area (Å²) in [5.74, 6) is 0. The predicted octanol–water partition coefficient (Wildman–Crippen LogP) is 1.25. The third-order valence-electron chi connectivity index (χ3n) is 2.23. The summed E-state index contributed by atoms with van der Waals surface area (Å²) in [6.07, 6.45) is 1.05. The van der Waals surface area contributed by atoms with E-state index in [4.69, 9.17) is 9.47 Å². The molecule has 92 valence electrons. The topological polar surface area (TPSA) is 43.4 Å². The van der Waals surface area contributed by atoms with Crippen LogP contribution in [0.4, 0.5) is 0 Å². The Balaban J connectivity index is 1.91. The van der Waals surface area contributed by atoms with Gasteiger partial charge in [0, 0.05) is 25.1 Å². The first-order valence-electron chi connectivity index (χ1n) is 5.51. The van der Waals surface area contributed by atoms with Gasteiger partial charge in [-0.25, -0.2) is 4.98 Å². The highest BCUT2D eigenvalue weighted by atomic mass is 32.1. The van der Waals surface area contributed by atoms with E-state index in [0.29, 0.717) is 13.2 Å². The Morgan fingerprint density at radius 1 is 1.31 bits per heavy atom. The second-order valence-corrected chi connectivity index (χ2v) is 4.41. The summed E-state index contributed by atoms with van der Waals surface area (Å²) >= 11 is 1.73. The van der Waals surface area contributed by atoms with E-state index in [2.05, 4.69) is 17.2 Å². The van der Waals surface area contributed by atoms with Gasteiger partial charge in [0.1, 0.15) is 0 Å². The van der Waals surface area contributed by atoms with Crippen LogP contribution >= 0.6 is 11.3 Å². The number of aromatic nitrogens is 1. The van der Waals surface area contributed by atoms with Crippen molar-refractivity contribution in [3.63, 3.8) is 0 Å². The second-order valence-electron chi connectivity index (χ2n) is 3.47. The number of rotatable bonds is 9. The first-order chi connectivity index (χ1) is 7.84. The molecule has 0 aliphatic carbocycles. The third kappa shape index (κ3) is 5.55. The van der Waals surface area contributed by atoms with Gasteiger partial charge in [0.05, 0.1) is 31.0 Å². The Hall–Kier alpha value is -0.490. The predicted molar refractivity (Wildman–Crippen MR) is 66.1 cm³/mol. The molecule has 0 fully saturated rings. The lowest BCUT2D eigenvalue weighted by Gasteiger charge is -2.05. The smallest absolute Gasteiger partial charge is 0.0797 e. The van der Waals surface area contributed by atoms with Gasteiger partial charge in [0.25, 0.3) is 0 Å². The maximum absolute atomic E-state index is 5.34. The fourth-order valence-corrected chi connectivity index (χ4v) is 2.06. The van der Waals surface area contributed by atoms with Crippen molar-refractivity contribution in [3.05, 3.63) is 16.1 Å². The molecule has 4 nitrogen and oxygen atoms in total. The van der Waals surface area contributed by atoms with Gasteiger partial charge < -0.3 is 14.8 Å². The molecule has 0 aromatic carbocycles. The van der Waals surface area contributed by atoms with E-state index in [9.17, 15) is 0 Å². The molecular weight excluding hydrogens is 224 g/mol. The first-order valence-corrected chi connectivity index (χ1v) is 6.39. The van der Waals surface area contributed by atoms with Crippen molar-refractivity contribution >= 4 is 11.3 Å². The molecule has 1 N–H and O–H groups in total. The van der Waals surface area contributed by atoms with Crippen LogP contribution in [-0.4, -0.2) is 45.0 Å². The zero-order valence-corrected chi connectivity index (χ0v) is 10.8. The monoisotopic (exact) mass is 244 g/mol. The normalized spacial score (nSPS) is 10.9. The molecule has 0 bridgehead atoms. The SMILES string of the molecule is COCCOCCNCCc1scnc1C. The van der Waals surface area contributed by atoms with Crippen molar-refractivity contribution in [1.29, 1.82) is 0 Å². The largest absolute Gasteiger partial charge is 0.382 e. The van der Waals surface area contributed by atoms with Crippen molar-refractivity contribution in [2.45, 2.75) is 13.3 Å². The van der Waals surface area contributed by atoms with Crippen LogP contribution in [0.3, 0.4) is 0 Å². The van der Waals surface area contributed by atoms with Gasteiger partial charge in [-0.3, -0.25) is 0 Å². The highest BCUT2D eigenvalue weighted by molar-refractivity contribution is 7.09. The van der Waals surface area contributed by atoms with E-state index in [-0.39, 0.29) is 0 Å². The zero-order chi connectivity index (χ0) is 11.6. The molecule has 1 aromatic heterocycles. The summed E-state index contributed by atoms with van der Waals surface area (Å²) in [5.41, 5.74) is 3.06. The molecule has 0 aliphatic heterocycles. The van der Waals surface area contributed by atoms with E-state index >= 15 is 0 Å². The number of hydrogen-bond acceptors (Lipinski definition) is 5. The van der Waals surface area contributed by atoms with Crippen LogP contribution in [0, 0.1) is 6.92 Å². The average Bonchev–Trinajstić information content (AvgIpc) is 2.68. The molecular formula is C11H20N2O2S. The molecule has 1 aromatic rings. The minimum Gasteiger partial charge on any atom is -0.382 e. The molecule has 0 aliphatic rings. The molecule has 0 atom stereocenters. The Morgan fingerprint density at radius 3 is 2.88 bits per heavy atom. The highest BCUT2D eigenvalue weighted by Gasteiger charge is 1.99. The van der Waals surface area contributed by atoms with Crippen molar-refractivity contribution in [1.82, 2.24) is 10.3 Å². The molecule has 0 radical (unpaired) electrons. The van der Waals surface area contributed by atoms with Gasteiger partial charge in [0.15, 0.2) is 0 Å². The lowest BCUT2D eigenvalue weighted by Crippen LogP contribution is -2.22. The third-order valence-corrected chi connectivity index (χ3v) is 3.22. The summed E-state index contributed by atoms with van der Waals surface area (Å²) in [6, 6.07) is 0. The Bertz CT molecular complexity index is 279. The second kappa shape index (κ2) is 8.64. The minimum atomic E-state index is 0.667. The van der Waals surface area contributed by atoms with Crippen LogP contribution in [0.1, 0.15) is 10.6 Å². The average molecular weight is 244 g/mol. The maximum Gasteiger partial charge on any atom is 0.0797 e. The summed E-state index contributed by atoms with van der Waals surface area (Å²) < 4.78 is 10.2. The fraction of sp³-hybridized carbons (Fsp3) is 0.727. The number of aryl methyl sites for hydroxylation is 1. The molecule has 5 heteroatoms. The molecule has 1 heterocycles. The van der Waals surface area contributed by atoms with Gasteiger partial charge in [-0.15, -0.1) is 11.3 Å². The molecule has 0 amide bonds. The maximum atomic E-state index is 5.34. The van der Waals surface area contributed by atoms with Gasteiger partial charge in [-0.05, 0) is 13.3 Å². The summed E-state index contributed by atoms with van der Waals surface area (Å²) in [7, 11) is 1.68. The van der Waals surface area contributed by atoms with Crippen molar-refractivity contribution in [3.8, 4) is 0 Å². The van der Waals surface area contributed by atoms with E-state index < -0.39 is 0 Å². The molecule has 0 saturated carbocycles. The molecule has 0 unspecified atom stereocenters. The molecule has 1 rings (SSSR count). The van der Waals surface area contributed by atoms with Crippen molar-refractivity contribution in [2.75, 3.05) is 40.0 Å². The van der Waals surface area contributed by atoms with E-state index in [0.717, 1.165) is 31.8 Å². The molecule has 16 heavy (non-hydrogen) atoms. The van der Waals surface area contributed by atoms with E-state index in [1.807, 2.05) is 5.51 Å². The van der Waals surface area contributed by atoms with Crippen LogP contribution in [0.15, 0.2) is 5.51 Å². The number of ether oxygens (including phenoxy) is 2. The van der Waals surface area contributed by atoms with E-state index in [1.165, 1.54) is 4.88 Å². The number of thiazole rings is 1. The fourth-order valence-electron chi connectivity index (χ4n) is 1.28. The van der Waals surface area contributed by atoms with Crippen molar-refractivity contribution in [2.24, 2.45) is 0 Å². The highest BCUT2D eigenvalue weighted by Crippen LogP contribution is 2.11. The molecule has 0 spiro atoms. The molecule has 0 saturated heterocycles. The number of nitrogens with zero attached hydrogens (tertiary/aromatic N) is 1. The van der Waals surface area contributed by atoms with Gasteiger partial charge in [-0.1, -0.05) is 0 Å². The van der Waals surface area contributed by atoms with Crippen LogP contribution in [0.25, 0.3) is 0 Å². The zero-order valence-electron chi connectivity index (χ0n) is 9.99. The van der Waals surface area contributed by atoms with Crippen molar-refractivity contribution < 1.29 is 9.47 Å². The summed E-state index contributed by atoms with van der Waals surface area (Å²) in [5, 5.41) is 3.34. The van der Waals surface area contributed by atoms with Crippen LogP contribution in [0.2, 0.25) is 0 Å². The summed E-state index contributed by atoms with van der Waals surface area (Å²) in [4.78, 5) is 5.59. The number of methoxy groups -OCH3 is 1. The van der Waals surface area contributed by atoms with Crippen LogP contribution < -0.4 is 5.32 Å². The van der Waals surface area contributed by atoms with Crippen LogP contribution in [0.5, 0.6) is 0 Å². The van der Waals surface area contributed by atoms with Gasteiger partial charge in [0.2, 0.25) is 0 Å². The number of hydrogen-bond donors (Lipinski definition) is 1. The minimum absolute atomic E-state index is 0.667. The Labute approximate surface area is 101 Å². The standard InChI is InChI=1S/C11H20N2O2S/c1-10-11(16-9-13-10)3-4-12-5-6-15-8-7-14-2/h9,12H,3-8H2,1-2H3. The summed E-state index contributed by atoms with van der Waals surface area (Å²) in [6.45, 7) is 6.01. The lowest BCUT2D eigenvalue weighted by atomic mass is 10.3. The Morgan fingerprint density at radius 2 is 2.19 bits per heavy atom. The van der Waals surface area contributed by atoms with Crippen LogP contribution in [-0.2, 0) is 15.9 Å². The van der Waals surface area contributed by atoms with Gasteiger partial charge >= 0.3 is 0 Å². The lowest BCUT2D eigenvalue weighted by molar-refractivity contribution is 0.0721.